The van der Waals surface area contributed by atoms with E-state index in [1.54, 1.807) is 45.2 Å². The van der Waals surface area contributed by atoms with E-state index in [0.29, 0.717) is 11.2 Å². The van der Waals surface area contributed by atoms with Crippen LogP contribution in [0, 0.1) is 0 Å². The molecule has 96 valence electrons. The van der Waals surface area contributed by atoms with Crippen LogP contribution in [-0.2, 0) is 4.74 Å². The third-order valence-electron chi connectivity index (χ3n) is 2.26. The summed E-state index contributed by atoms with van der Waals surface area (Å²) in [5.74, 6) is 0. The maximum atomic E-state index is 11.9. The summed E-state index contributed by atoms with van der Waals surface area (Å²) in [4.78, 5) is 11.9. The van der Waals surface area contributed by atoms with Gasteiger partial charge in [-0.3, -0.25) is 10.7 Å². The van der Waals surface area contributed by atoms with E-state index >= 15 is 0 Å². The quantitative estimate of drug-likeness (QED) is 0.760. The normalized spacial score (nSPS) is 11.6. The van der Waals surface area contributed by atoms with Gasteiger partial charge in [0.15, 0.2) is 0 Å². The van der Waals surface area contributed by atoms with Gasteiger partial charge < -0.3 is 4.74 Å². The summed E-state index contributed by atoms with van der Waals surface area (Å²) in [7, 11) is 0. The Morgan fingerprint density at radius 1 is 1.44 bits per heavy atom. The summed E-state index contributed by atoms with van der Waals surface area (Å²) in [6.45, 7) is 5.39. The second kappa shape index (κ2) is 4.30. The topological polar surface area (TPSA) is 76.4 Å². The molecule has 0 saturated heterocycles. The van der Waals surface area contributed by atoms with Crippen LogP contribution >= 0.6 is 0 Å². The summed E-state index contributed by atoms with van der Waals surface area (Å²) in [6.07, 6.45) is 1.02. The second-order valence-electron chi connectivity index (χ2n) is 4.92. The Morgan fingerprint density at radius 3 is 2.78 bits per heavy atom. The Morgan fingerprint density at radius 2 is 2.17 bits per heavy atom. The highest BCUT2D eigenvalue weighted by atomic mass is 16.6. The number of aromatic nitrogens is 2. The lowest BCUT2D eigenvalue weighted by Gasteiger charge is -2.19. The first kappa shape index (κ1) is 12.4. The minimum Gasteiger partial charge on any atom is -0.442 e. The first-order chi connectivity index (χ1) is 8.40. The zero-order chi connectivity index (χ0) is 13.3. The van der Waals surface area contributed by atoms with Crippen molar-refractivity contribution in [2.75, 3.05) is 5.48 Å². The molecule has 18 heavy (non-hydrogen) atoms. The monoisotopic (exact) mass is 249 g/mol. The molecule has 2 aromatic rings. The van der Waals surface area contributed by atoms with Crippen LogP contribution in [-0.4, -0.2) is 26.7 Å². The van der Waals surface area contributed by atoms with Gasteiger partial charge in [-0.15, -0.1) is 0 Å². The van der Waals surface area contributed by atoms with E-state index in [1.807, 2.05) is 5.48 Å². The minimum absolute atomic E-state index is 0.526. The van der Waals surface area contributed by atoms with Crippen molar-refractivity contribution >= 4 is 22.7 Å². The van der Waals surface area contributed by atoms with E-state index in [9.17, 15) is 4.79 Å². The zero-order valence-electron chi connectivity index (χ0n) is 10.5. The molecular weight excluding hydrogens is 234 g/mol. The van der Waals surface area contributed by atoms with Gasteiger partial charge in [0, 0.05) is 5.39 Å². The minimum atomic E-state index is -0.568. The average Bonchev–Trinajstić information content (AvgIpc) is 2.69. The van der Waals surface area contributed by atoms with Gasteiger partial charge in [-0.05, 0) is 39.0 Å². The molecule has 0 spiro atoms. The molecule has 1 heterocycles. The van der Waals surface area contributed by atoms with E-state index in [0.717, 1.165) is 5.39 Å². The summed E-state index contributed by atoms with van der Waals surface area (Å²) >= 11 is 0. The highest BCUT2D eigenvalue weighted by Gasteiger charge is 2.19. The molecular formula is C12H15N3O3. The van der Waals surface area contributed by atoms with E-state index in [-0.39, 0.29) is 0 Å². The molecule has 0 aliphatic rings. The van der Waals surface area contributed by atoms with Crippen LogP contribution in [0.15, 0.2) is 24.4 Å². The lowest BCUT2D eigenvalue weighted by molar-refractivity contribution is 0.0523. The van der Waals surface area contributed by atoms with Crippen LogP contribution in [0.25, 0.3) is 10.9 Å². The fraction of sp³-hybridized carbons (Fsp3) is 0.333. The fourth-order valence-corrected chi connectivity index (χ4v) is 1.55. The molecule has 0 aliphatic carbocycles. The van der Waals surface area contributed by atoms with E-state index in [2.05, 4.69) is 5.10 Å². The number of fused-ring (bicyclic) bond motifs is 1. The van der Waals surface area contributed by atoms with Crippen molar-refractivity contribution in [2.45, 2.75) is 26.4 Å². The molecule has 0 saturated carbocycles. The number of rotatable bonds is 1. The predicted octanol–water partition coefficient (Wildman–Crippen LogP) is 2.62. The Labute approximate surface area is 104 Å². The summed E-state index contributed by atoms with van der Waals surface area (Å²) in [5.41, 5.74) is 2.64. The first-order valence-corrected chi connectivity index (χ1v) is 5.52. The number of nitrogens with zero attached hydrogens (tertiary/aromatic N) is 2. The average molecular weight is 249 g/mol. The Bertz CT molecular complexity index is 584. The Kier molecular flexibility index (Phi) is 2.96. The number of carbonyl (C=O) groups is 1. The smallest absolute Gasteiger partial charge is 0.435 e. The molecule has 0 unspecified atom stereocenters. The second-order valence-corrected chi connectivity index (χ2v) is 4.92. The molecule has 0 aliphatic heterocycles. The van der Waals surface area contributed by atoms with Gasteiger partial charge >= 0.3 is 6.09 Å². The molecule has 2 N–H and O–H groups in total. The summed E-state index contributed by atoms with van der Waals surface area (Å²) in [5, 5.41) is 13.5. The summed E-state index contributed by atoms with van der Waals surface area (Å²) < 4.78 is 6.44. The first-order valence-electron chi connectivity index (χ1n) is 5.52. The van der Waals surface area contributed by atoms with Crippen molar-refractivity contribution < 1.29 is 14.7 Å². The van der Waals surface area contributed by atoms with Crippen LogP contribution in [0.3, 0.4) is 0 Å². The number of anilines is 1. The van der Waals surface area contributed by atoms with Gasteiger partial charge in [0.1, 0.15) is 5.60 Å². The number of hydrogen-bond acceptors (Lipinski definition) is 5. The standard InChI is InChI=1S/C12H15N3O3/c1-12(2,3)18-11(16)15-10-5-4-9(14-17)6-8(10)7-13-15/h4-7,14,17H,1-3H3. The highest BCUT2D eigenvalue weighted by Crippen LogP contribution is 2.19. The molecule has 0 fully saturated rings. The van der Waals surface area contributed by atoms with Crippen LogP contribution in [0.5, 0.6) is 0 Å². The molecule has 0 amide bonds. The molecule has 0 radical (unpaired) electrons. The van der Waals surface area contributed by atoms with Gasteiger partial charge in [-0.25, -0.2) is 4.79 Å². The zero-order valence-corrected chi connectivity index (χ0v) is 10.5. The predicted molar refractivity (Wildman–Crippen MR) is 66.8 cm³/mol. The van der Waals surface area contributed by atoms with Crippen LogP contribution in [0.2, 0.25) is 0 Å². The number of ether oxygens (including phenoxy) is 1. The molecule has 6 heteroatoms. The molecule has 0 bridgehead atoms. The van der Waals surface area contributed by atoms with Crippen molar-refractivity contribution in [3.63, 3.8) is 0 Å². The molecule has 1 aromatic heterocycles. The van der Waals surface area contributed by atoms with Gasteiger partial charge in [0.2, 0.25) is 0 Å². The third-order valence-corrected chi connectivity index (χ3v) is 2.26. The molecule has 2 rings (SSSR count). The number of benzene rings is 1. The summed E-state index contributed by atoms with van der Waals surface area (Å²) in [6, 6.07) is 5.01. The lowest BCUT2D eigenvalue weighted by Crippen LogP contribution is -2.27. The van der Waals surface area contributed by atoms with Gasteiger partial charge in [-0.2, -0.15) is 9.78 Å². The van der Waals surface area contributed by atoms with Crippen molar-refractivity contribution in [1.82, 2.24) is 9.78 Å². The largest absolute Gasteiger partial charge is 0.442 e. The number of carbonyl (C=O) groups excluding carboxylic acids is 1. The van der Waals surface area contributed by atoms with Gasteiger partial charge in [0.25, 0.3) is 0 Å². The lowest BCUT2D eigenvalue weighted by atomic mass is 10.2. The third kappa shape index (κ3) is 2.43. The van der Waals surface area contributed by atoms with Crippen molar-refractivity contribution in [3.8, 4) is 0 Å². The molecule has 6 nitrogen and oxygen atoms in total. The van der Waals surface area contributed by atoms with E-state index < -0.39 is 11.7 Å². The van der Waals surface area contributed by atoms with Crippen LogP contribution in [0.4, 0.5) is 10.5 Å². The van der Waals surface area contributed by atoms with Crippen molar-refractivity contribution in [1.29, 1.82) is 0 Å². The molecule has 0 atom stereocenters. The van der Waals surface area contributed by atoms with Gasteiger partial charge in [0.05, 0.1) is 17.4 Å². The maximum absolute atomic E-state index is 11.9. The van der Waals surface area contributed by atoms with Crippen LogP contribution < -0.4 is 5.48 Å². The van der Waals surface area contributed by atoms with Crippen LogP contribution in [0.1, 0.15) is 20.8 Å². The molecule has 1 aromatic carbocycles. The fourth-order valence-electron chi connectivity index (χ4n) is 1.55. The SMILES string of the molecule is CC(C)(C)OC(=O)n1ncc2cc(NO)ccc21. The Hall–Kier alpha value is -2.08. The Balaban J connectivity index is 2.38. The van der Waals surface area contributed by atoms with Crippen molar-refractivity contribution in [3.05, 3.63) is 24.4 Å². The van der Waals surface area contributed by atoms with E-state index in [4.69, 9.17) is 9.94 Å². The number of nitrogens with one attached hydrogen (secondary N) is 1. The van der Waals surface area contributed by atoms with E-state index in [1.165, 1.54) is 4.68 Å². The van der Waals surface area contributed by atoms with Crippen molar-refractivity contribution in [2.24, 2.45) is 0 Å². The highest BCUT2D eigenvalue weighted by molar-refractivity contribution is 5.89. The maximum Gasteiger partial charge on any atom is 0.435 e. The van der Waals surface area contributed by atoms with Gasteiger partial charge in [-0.1, -0.05) is 0 Å². The number of hydrogen-bond donors (Lipinski definition) is 2.